The van der Waals surface area contributed by atoms with Crippen molar-refractivity contribution in [3.05, 3.63) is 17.5 Å². The number of aryl methyl sites for hydroxylation is 2. The van der Waals surface area contributed by atoms with Gasteiger partial charge in [0.2, 0.25) is 0 Å². The SMILES string of the molecule is CCCNC(CSC)Cc1cc(CC)nn1CC. The van der Waals surface area contributed by atoms with Crippen LogP contribution in [-0.2, 0) is 19.4 Å². The molecule has 0 saturated heterocycles. The normalized spacial score (nSPS) is 12.9. The van der Waals surface area contributed by atoms with E-state index in [2.05, 4.69) is 48.2 Å². The van der Waals surface area contributed by atoms with E-state index >= 15 is 0 Å². The molecule has 1 atom stereocenters. The zero-order valence-electron chi connectivity index (χ0n) is 12.2. The van der Waals surface area contributed by atoms with Crippen molar-refractivity contribution < 1.29 is 0 Å². The van der Waals surface area contributed by atoms with Crippen molar-refractivity contribution in [2.75, 3.05) is 18.6 Å². The highest BCUT2D eigenvalue weighted by Crippen LogP contribution is 2.11. The molecule has 0 aliphatic heterocycles. The van der Waals surface area contributed by atoms with Crippen LogP contribution in [0, 0.1) is 0 Å². The van der Waals surface area contributed by atoms with Crippen molar-refractivity contribution >= 4 is 11.8 Å². The van der Waals surface area contributed by atoms with E-state index in [4.69, 9.17) is 0 Å². The highest BCUT2D eigenvalue weighted by molar-refractivity contribution is 7.98. The number of nitrogens with zero attached hydrogens (tertiary/aromatic N) is 2. The molecule has 0 radical (unpaired) electrons. The first-order valence-corrected chi connectivity index (χ1v) is 8.42. The van der Waals surface area contributed by atoms with E-state index in [9.17, 15) is 0 Å². The Kier molecular flexibility index (Phi) is 7.44. The molecule has 0 spiro atoms. The van der Waals surface area contributed by atoms with E-state index in [-0.39, 0.29) is 0 Å². The second-order valence-electron chi connectivity index (χ2n) is 4.61. The van der Waals surface area contributed by atoms with E-state index in [1.165, 1.54) is 17.8 Å². The zero-order valence-corrected chi connectivity index (χ0v) is 13.0. The van der Waals surface area contributed by atoms with Crippen molar-refractivity contribution in [1.82, 2.24) is 15.1 Å². The molecule has 3 nitrogen and oxygen atoms in total. The first-order valence-electron chi connectivity index (χ1n) is 7.02. The first-order chi connectivity index (χ1) is 8.74. The summed E-state index contributed by atoms with van der Waals surface area (Å²) in [7, 11) is 0. The van der Waals surface area contributed by atoms with Crippen LogP contribution >= 0.6 is 11.8 Å². The molecule has 0 fully saturated rings. The molecule has 1 aromatic heterocycles. The number of aromatic nitrogens is 2. The molecule has 0 bridgehead atoms. The molecular formula is C14H27N3S. The third-order valence-corrected chi connectivity index (χ3v) is 3.82. The molecule has 0 amide bonds. The molecule has 1 rings (SSSR count). The molecule has 104 valence electrons. The van der Waals surface area contributed by atoms with Crippen LogP contribution in [0.2, 0.25) is 0 Å². The van der Waals surface area contributed by atoms with Gasteiger partial charge in [-0.1, -0.05) is 13.8 Å². The number of nitrogens with one attached hydrogen (secondary N) is 1. The second-order valence-corrected chi connectivity index (χ2v) is 5.52. The lowest BCUT2D eigenvalue weighted by atomic mass is 10.1. The van der Waals surface area contributed by atoms with Gasteiger partial charge in [-0.25, -0.2) is 0 Å². The quantitative estimate of drug-likeness (QED) is 0.747. The Morgan fingerprint density at radius 2 is 2.17 bits per heavy atom. The summed E-state index contributed by atoms with van der Waals surface area (Å²) >= 11 is 1.91. The van der Waals surface area contributed by atoms with Gasteiger partial charge in [0.05, 0.1) is 5.69 Å². The molecule has 18 heavy (non-hydrogen) atoms. The lowest BCUT2D eigenvalue weighted by Crippen LogP contribution is -2.34. The van der Waals surface area contributed by atoms with Crippen molar-refractivity contribution in [2.45, 2.75) is 52.6 Å². The molecular weight excluding hydrogens is 242 g/mol. The summed E-state index contributed by atoms with van der Waals surface area (Å²) in [4.78, 5) is 0. The maximum atomic E-state index is 4.62. The molecule has 1 aromatic rings. The van der Waals surface area contributed by atoms with Gasteiger partial charge in [-0.2, -0.15) is 16.9 Å². The fourth-order valence-electron chi connectivity index (χ4n) is 2.12. The third-order valence-electron chi connectivity index (χ3n) is 3.08. The predicted octanol–water partition coefficient (Wildman–Crippen LogP) is 2.74. The van der Waals surface area contributed by atoms with Gasteiger partial charge < -0.3 is 5.32 Å². The summed E-state index contributed by atoms with van der Waals surface area (Å²) in [5, 5.41) is 8.26. The van der Waals surface area contributed by atoms with E-state index in [1.54, 1.807) is 0 Å². The Morgan fingerprint density at radius 3 is 2.72 bits per heavy atom. The summed E-state index contributed by atoms with van der Waals surface area (Å²) < 4.78 is 2.15. The smallest absolute Gasteiger partial charge is 0.0624 e. The summed E-state index contributed by atoms with van der Waals surface area (Å²) in [5.41, 5.74) is 2.59. The lowest BCUT2D eigenvalue weighted by molar-refractivity contribution is 0.520. The molecule has 1 unspecified atom stereocenters. The monoisotopic (exact) mass is 269 g/mol. The van der Waals surface area contributed by atoms with Gasteiger partial charge in [-0.3, -0.25) is 4.68 Å². The average molecular weight is 269 g/mol. The minimum atomic E-state index is 0.562. The van der Waals surface area contributed by atoms with Crippen LogP contribution in [0.25, 0.3) is 0 Å². The van der Waals surface area contributed by atoms with E-state index in [0.717, 1.165) is 31.7 Å². The van der Waals surface area contributed by atoms with Crippen molar-refractivity contribution in [1.29, 1.82) is 0 Å². The summed E-state index contributed by atoms with van der Waals surface area (Å²) in [5.74, 6) is 1.16. The van der Waals surface area contributed by atoms with Crippen LogP contribution in [0.4, 0.5) is 0 Å². The van der Waals surface area contributed by atoms with Crippen LogP contribution in [0.3, 0.4) is 0 Å². The van der Waals surface area contributed by atoms with Crippen LogP contribution < -0.4 is 5.32 Å². The zero-order chi connectivity index (χ0) is 13.4. The van der Waals surface area contributed by atoms with Crippen molar-refractivity contribution in [3.63, 3.8) is 0 Å². The predicted molar refractivity (Wildman–Crippen MR) is 81.4 cm³/mol. The molecule has 4 heteroatoms. The van der Waals surface area contributed by atoms with E-state index in [0.29, 0.717) is 6.04 Å². The largest absolute Gasteiger partial charge is 0.313 e. The Hall–Kier alpha value is -0.480. The number of thioether (sulfide) groups is 1. The summed E-state index contributed by atoms with van der Waals surface area (Å²) in [6.45, 7) is 8.62. The van der Waals surface area contributed by atoms with Crippen LogP contribution in [0.15, 0.2) is 6.07 Å². The van der Waals surface area contributed by atoms with Gasteiger partial charge >= 0.3 is 0 Å². The van der Waals surface area contributed by atoms with Gasteiger partial charge in [-0.15, -0.1) is 0 Å². The fraction of sp³-hybridized carbons (Fsp3) is 0.786. The lowest BCUT2D eigenvalue weighted by Gasteiger charge is -2.17. The Labute approximate surface area is 116 Å². The fourth-order valence-corrected chi connectivity index (χ4v) is 2.76. The van der Waals surface area contributed by atoms with E-state index in [1.807, 2.05) is 11.8 Å². The maximum Gasteiger partial charge on any atom is 0.0624 e. The molecule has 0 aliphatic rings. The summed E-state index contributed by atoms with van der Waals surface area (Å²) in [6.07, 6.45) is 5.48. The summed E-state index contributed by atoms with van der Waals surface area (Å²) in [6, 6.07) is 2.83. The Bertz CT molecular complexity index is 336. The van der Waals surface area contributed by atoms with E-state index < -0.39 is 0 Å². The van der Waals surface area contributed by atoms with Gasteiger partial charge in [0.1, 0.15) is 0 Å². The van der Waals surface area contributed by atoms with Gasteiger partial charge in [0, 0.05) is 30.5 Å². The van der Waals surface area contributed by atoms with Crippen LogP contribution in [-0.4, -0.2) is 34.4 Å². The van der Waals surface area contributed by atoms with Crippen molar-refractivity contribution in [3.8, 4) is 0 Å². The van der Waals surface area contributed by atoms with Crippen LogP contribution in [0.1, 0.15) is 38.6 Å². The topological polar surface area (TPSA) is 29.9 Å². The molecule has 0 aromatic carbocycles. The van der Waals surface area contributed by atoms with Gasteiger partial charge in [-0.05, 0) is 38.6 Å². The molecule has 1 N–H and O–H groups in total. The van der Waals surface area contributed by atoms with Crippen LogP contribution in [0.5, 0.6) is 0 Å². The number of hydrogen-bond donors (Lipinski definition) is 1. The highest BCUT2D eigenvalue weighted by atomic mass is 32.2. The molecule has 1 heterocycles. The Morgan fingerprint density at radius 1 is 1.39 bits per heavy atom. The third kappa shape index (κ3) is 4.65. The maximum absolute atomic E-state index is 4.62. The highest BCUT2D eigenvalue weighted by Gasteiger charge is 2.12. The average Bonchev–Trinajstić information content (AvgIpc) is 2.78. The minimum absolute atomic E-state index is 0.562. The molecule has 0 aliphatic carbocycles. The van der Waals surface area contributed by atoms with Gasteiger partial charge in [0.15, 0.2) is 0 Å². The first kappa shape index (κ1) is 15.6. The number of hydrogen-bond acceptors (Lipinski definition) is 3. The Balaban J connectivity index is 2.68. The molecule has 0 saturated carbocycles. The standard InChI is InChI=1S/C14H27N3S/c1-5-8-15-13(11-18-4)10-14-9-12(6-2)16-17(14)7-3/h9,13,15H,5-8,10-11H2,1-4H3. The minimum Gasteiger partial charge on any atom is -0.313 e. The second kappa shape index (κ2) is 8.59. The number of rotatable bonds is 9. The van der Waals surface area contributed by atoms with Crippen molar-refractivity contribution in [2.24, 2.45) is 0 Å². The van der Waals surface area contributed by atoms with Gasteiger partial charge in [0.25, 0.3) is 0 Å².